The van der Waals surface area contributed by atoms with E-state index < -0.39 is 0 Å². The Kier molecular flexibility index (Phi) is 4.68. The molecule has 0 amide bonds. The van der Waals surface area contributed by atoms with E-state index in [1.54, 1.807) is 13.2 Å². The molecule has 1 atom stereocenters. The highest BCUT2D eigenvalue weighted by atomic mass is 19.1. The minimum Gasteiger partial charge on any atom is -0.383 e. The predicted molar refractivity (Wildman–Crippen MR) is 75.4 cm³/mol. The first-order chi connectivity index (χ1) is 9.61. The molecule has 1 N–H and O–H groups in total. The Balaban J connectivity index is 2.16. The van der Waals surface area contributed by atoms with E-state index >= 15 is 0 Å². The van der Waals surface area contributed by atoms with Crippen molar-refractivity contribution in [2.75, 3.05) is 19.0 Å². The van der Waals surface area contributed by atoms with Crippen LogP contribution in [0, 0.1) is 11.7 Å². The Morgan fingerprint density at radius 3 is 2.75 bits per heavy atom. The van der Waals surface area contributed by atoms with Gasteiger partial charge < -0.3 is 10.1 Å². The van der Waals surface area contributed by atoms with E-state index in [9.17, 15) is 4.39 Å². The van der Waals surface area contributed by atoms with Gasteiger partial charge in [-0.3, -0.25) is 0 Å². The van der Waals surface area contributed by atoms with Gasteiger partial charge in [-0.25, -0.2) is 14.1 Å². The number of nitrogens with one attached hydrogen (secondary N) is 1. The van der Waals surface area contributed by atoms with E-state index in [0.29, 0.717) is 18.2 Å². The van der Waals surface area contributed by atoms with Crippen molar-refractivity contribution in [3.8, 4) is 5.69 Å². The quantitative estimate of drug-likeness (QED) is 0.882. The molecule has 20 heavy (non-hydrogen) atoms. The van der Waals surface area contributed by atoms with Gasteiger partial charge in [0.25, 0.3) is 0 Å². The van der Waals surface area contributed by atoms with Gasteiger partial charge in [0.2, 0.25) is 0 Å². The molecule has 0 saturated carbocycles. The zero-order valence-corrected chi connectivity index (χ0v) is 11.9. The first-order valence-electron chi connectivity index (χ1n) is 6.52. The fraction of sp³-hybridized carbons (Fsp3) is 0.429. The lowest BCUT2D eigenvalue weighted by atomic mass is 10.0. The van der Waals surface area contributed by atoms with Crippen LogP contribution in [0.3, 0.4) is 0 Å². The van der Waals surface area contributed by atoms with Crippen LogP contribution in [0.4, 0.5) is 10.1 Å². The maximum atomic E-state index is 14.1. The highest BCUT2D eigenvalue weighted by molar-refractivity contribution is 5.50. The van der Waals surface area contributed by atoms with Gasteiger partial charge in [-0.05, 0) is 24.1 Å². The first kappa shape index (κ1) is 14.5. The molecule has 0 radical (unpaired) electrons. The summed E-state index contributed by atoms with van der Waals surface area (Å²) in [6.45, 7) is 4.76. The number of rotatable bonds is 6. The molecule has 0 bridgehead atoms. The molecular formula is C14H19FN4O. The highest BCUT2D eigenvalue weighted by Gasteiger charge is 2.14. The van der Waals surface area contributed by atoms with Crippen molar-refractivity contribution in [3.63, 3.8) is 0 Å². The second-order valence-electron chi connectivity index (χ2n) is 4.96. The maximum Gasteiger partial charge on any atom is 0.150 e. The van der Waals surface area contributed by atoms with E-state index in [1.165, 1.54) is 23.4 Å². The smallest absolute Gasteiger partial charge is 0.150 e. The standard InChI is InChI=1S/C14H19FN4O/c1-10(2)13(7-20-3)18-11-4-5-14(12(15)6-11)19-9-16-8-17-19/h4-6,8-10,13,18H,7H2,1-3H3. The number of hydrogen-bond acceptors (Lipinski definition) is 4. The van der Waals surface area contributed by atoms with Crippen molar-refractivity contribution in [2.24, 2.45) is 5.92 Å². The van der Waals surface area contributed by atoms with Gasteiger partial charge in [0.15, 0.2) is 5.82 Å². The summed E-state index contributed by atoms with van der Waals surface area (Å²) in [6, 6.07) is 5.10. The number of aromatic nitrogens is 3. The molecule has 0 saturated heterocycles. The van der Waals surface area contributed by atoms with Crippen molar-refractivity contribution in [1.29, 1.82) is 0 Å². The fourth-order valence-corrected chi connectivity index (χ4v) is 1.91. The van der Waals surface area contributed by atoms with Gasteiger partial charge in [-0.2, -0.15) is 5.10 Å². The molecule has 1 unspecified atom stereocenters. The Bertz CT molecular complexity index is 542. The monoisotopic (exact) mass is 278 g/mol. The molecule has 0 aliphatic rings. The maximum absolute atomic E-state index is 14.1. The van der Waals surface area contributed by atoms with Crippen LogP contribution in [0.1, 0.15) is 13.8 Å². The lowest BCUT2D eigenvalue weighted by molar-refractivity contribution is 0.171. The predicted octanol–water partition coefficient (Wildman–Crippen LogP) is 2.49. The number of ether oxygens (including phenoxy) is 1. The summed E-state index contributed by atoms with van der Waals surface area (Å²) in [5.74, 6) is 0.0356. The van der Waals surface area contributed by atoms with Crippen molar-refractivity contribution in [3.05, 3.63) is 36.7 Å². The summed E-state index contributed by atoms with van der Waals surface area (Å²) in [4.78, 5) is 3.81. The summed E-state index contributed by atoms with van der Waals surface area (Å²) in [6.07, 6.45) is 2.84. The lowest BCUT2D eigenvalue weighted by Crippen LogP contribution is -2.30. The van der Waals surface area contributed by atoms with Crippen LogP contribution in [-0.4, -0.2) is 34.5 Å². The van der Waals surface area contributed by atoms with Crippen molar-refractivity contribution in [2.45, 2.75) is 19.9 Å². The number of halogens is 1. The molecule has 1 aromatic carbocycles. The van der Waals surface area contributed by atoms with Gasteiger partial charge in [0.05, 0.1) is 12.6 Å². The van der Waals surface area contributed by atoms with Gasteiger partial charge >= 0.3 is 0 Å². The molecule has 6 heteroatoms. The average Bonchev–Trinajstić information content (AvgIpc) is 2.92. The zero-order valence-electron chi connectivity index (χ0n) is 11.9. The van der Waals surface area contributed by atoms with Crippen LogP contribution in [0.25, 0.3) is 5.69 Å². The van der Waals surface area contributed by atoms with E-state index in [4.69, 9.17) is 4.74 Å². The molecular weight excluding hydrogens is 259 g/mol. The Morgan fingerprint density at radius 1 is 1.40 bits per heavy atom. The summed E-state index contributed by atoms with van der Waals surface area (Å²) >= 11 is 0. The molecule has 108 valence electrons. The fourth-order valence-electron chi connectivity index (χ4n) is 1.91. The SMILES string of the molecule is COCC(Nc1ccc(-n2cncn2)c(F)c1)C(C)C. The van der Waals surface area contributed by atoms with E-state index in [0.717, 1.165) is 5.69 Å². The van der Waals surface area contributed by atoms with E-state index in [-0.39, 0.29) is 11.9 Å². The van der Waals surface area contributed by atoms with Crippen molar-refractivity contribution >= 4 is 5.69 Å². The molecule has 1 heterocycles. The van der Waals surface area contributed by atoms with Crippen molar-refractivity contribution in [1.82, 2.24) is 14.8 Å². The number of anilines is 1. The first-order valence-corrected chi connectivity index (χ1v) is 6.52. The summed E-state index contributed by atoms with van der Waals surface area (Å²) in [5, 5.41) is 7.20. The molecule has 2 rings (SSSR count). The third kappa shape index (κ3) is 3.33. The largest absolute Gasteiger partial charge is 0.383 e. The van der Waals surface area contributed by atoms with E-state index in [2.05, 4.69) is 29.2 Å². The summed E-state index contributed by atoms with van der Waals surface area (Å²) < 4.78 is 20.7. The molecule has 0 aliphatic heterocycles. The van der Waals surface area contributed by atoms with Crippen LogP contribution in [0.2, 0.25) is 0 Å². The van der Waals surface area contributed by atoms with Gasteiger partial charge in [-0.15, -0.1) is 0 Å². The Hall–Kier alpha value is -1.95. The number of methoxy groups -OCH3 is 1. The van der Waals surface area contributed by atoms with Crippen LogP contribution in [0.5, 0.6) is 0 Å². The average molecular weight is 278 g/mol. The number of nitrogens with zero attached hydrogens (tertiary/aromatic N) is 3. The Morgan fingerprint density at radius 2 is 2.20 bits per heavy atom. The second kappa shape index (κ2) is 6.47. The summed E-state index contributed by atoms with van der Waals surface area (Å²) in [7, 11) is 1.66. The number of benzene rings is 1. The highest BCUT2D eigenvalue weighted by Crippen LogP contribution is 2.19. The van der Waals surface area contributed by atoms with E-state index in [1.807, 2.05) is 6.07 Å². The number of hydrogen-bond donors (Lipinski definition) is 1. The zero-order chi connectivity index (χ0) is 14.5. The topological polar surface area (TPSA) is 52.0 Å². The van der Waals surface area contributed by atoms with Gasteiger partial charge in [0.1, 0.15) is 18.3 Å². The van der Waals surface area contributed by atoms with Gasteiger partial charge in [-0.1, -0.05) is 13.8 Å². The molecule has 0 fully saturated rings. The molecule has 5 nitrogen and oxygen atoms in total. The Labute approximate surface area is 117 Å². The lowest BCUT2D eigenvalue weighted by Gasteiger charge is -2.23. The third-order valence-electron chi connectivity index (χ3n) is 3.12. The van der Waals surface area contributed by atoms with Crippen LogP contribution >= 0.6 is 0 Å². The minimum atomic E-state index is -0.347. The van der Waals surface area contributed by atoms with Crippen LogP contribution in [-0.2, 0) is 4.74 Å². The van der Waals surface area contributed by atoms with Crippen LogP contribution in [0.15, 0.2) is 30.9 Å². The van der Waals surface area contributed by atoms with Crippen molar-refractivity contribution < 1.29 is 9.13 Å². The molecule has 1 aromatic heterocycles. The second-order valence-corrected chi connectivity index (χ2v) is 4.96. The third-order valence-corrected chi connectivity index (χ3v) is 3.12. The minimum absolute atomic E-state index is 0.136. The van der Waals surface area contributed by atoms with Gasteiger partial charge in [0, 0.05) is 12.8 Å². The molecule has 2 aromatic rings. The summed E-state index contributed by atoms with van der Waals surface area (Å²) in [5.41, 5.74) is 1.10. The normalized spacial score (nSPS) is 12.7. The van der Waals surface area contributed by atoms with Crippen LogP contribution < -0.4 is 5.32 Å². The molecule has 0 spiro atoms. The molecule has 0 aliphatic carbocycles.